The van der Waals surface area contributed by atoms with Crippen molar-refractivity contribution in [2.45, 2.75) is 38.6 Å². The Morgan fingerprint density at radius 2 is 2.05 bits per heavy atom. The van der Waals surface area contributed by atoms with Gasteiger partial charge in [0.15, 0.2) is 0 Å². The van der Waals surface area contributed by atoms with E-state index in [-0.39, 0.29) is 0 Å². The van der Waals surface area contributed by atoms with Gasteiger partial charge in [-0.05, 0) is 51.9 Å². The van der Waals surface area contributed by atoms with Crippen molar-refractivity contribution in [3.8, 4) is 5.75 Å². The molecule has 0 radical (unpaired) electrons. The molecule has 20 heavy (non-hydrogen) atoms. The minimum Gasteiger partial charge on any atom is -0.496 e. The van der Waals surface area contributed by atoms with E-state index in [1.807, 2.05) is 6.07 Å². The van der Waals surface area contributed by atoms with E-state index >= 15 is 0 Å². The van der Waals surface area contributed by atoms with Crippen molar-refractivity contribution in [2.24, 2.45) is 5.41 Å². The Hall–Kier alpha value is -0.250. The van der Waals surface area contributed by atoms with E-state index in [9.17, 15) is 0 Å². The summed E-state index contributed by atoms with van der Waals surface area (Å²) in [7, 11) is 1.69. The predicted molar refractivity (Wildman–Crippen MR) is 88.6 cm³/mol. The molecule has 1 aliphatic rings. The zero-order valence-electron chi connectivity index (χ0n) is 12.1. The smallest absolute Gasteiger partial charge is 0.133 e. The highest BCUT2D eigenvalue weighted by molar-refractivity contribution is 9.10. The summed E-state index contributed by atoms with van der Waals surface area (Å²) in [5.74, 6) is 1.64. The van der Waals surface area contributed by atoms with Crippen LogP contribution in [0.15, 0.2) is 22.7 Å². The molecule has 2 rings (SSSR count). The topological polar surface area (TPSA) is 21.3 Å². The van der Waals surface area contributed by atoms with Crippen LogP contribution in [0.2, 0.25) is 0 Å². The summed E-state index contributed by atoms with van der Waals surface area (Å²) in [5, 5.41) is 3.58. The number of alkyl halides is 1. The second-order valence-corrected chi connectivity index (χ2v) is 6.89. The highest BCUT2D eigenvalue weighted by Crippen LogP contribution is 2.36. The molecule has 1 aromatic carbocycles. The number of benzene rings is 1. The van der Waals surface area contributed by atoms with Gasteiger partial charge in [-0.15, -0.1) is 11.6 Å². The number of ether oxygens (including phenoxy) is 1. The molecule has 1 aliphatic carbocycles. The molecule has 1 saturated carbocycles. The number of methoxy groups -OCH3 is 1. The summed E-state index contributed by atoms with van der Waals surface area (Å²) in [4.78, 5) is 0. The molecule has 2 nitrogen and oxygen atoms in total. The third-order valence-corrected chi connectivity index (χ3v) is 5.43. The lowest BCUT2D eigenvalue weighted by molar-refractivity contribution is 0.212. The summed E-state index contributed by atoms with van der Waals surface area (Å²) in [6.07, 6.45) is 6.53. The van der Waals surface area contributed by atoms with Gasteiger partial charge in [0.2, 0.25) is 0 Å². The molecule has 0 spiro atoms. The molecule has 0 heterocycles. The Balaban J connectivity index is 1.87. The summed E-state index contributed by atoms with van der Waals surface area (Å²) >= 11 is 9.75. The average molecular weight is 361 g/mol. The van der Waals surface area contributed by atoms with Crippen LogP contribution in [0.5, 0.6) is 5.75 Å². The molecule has 0 unspecified atom stereocenters. The fraction of sp³-hybridized carbons (Fsp3) is 0.625. The predicted octanol–water partition coefficient (Wildman–Crippen LogP) is 4.74. The minimum atomic E-state index is 0.309. The van der Waals surface area contributed by atoms with Crippen LogP contribution in [0, 0.1) is 5.41 Å². The summed E-state index contributed by atoms with van der Waals surface area (Å²) in [6.45, 7) is 1.89. The maximum atomic E-state index is 6.22. The molecule has 0 amide bonds. The Morgan fingerprint density at radius 3 is 2.65 bits per heavy atom. The monoisotopic (exact) mass is 359 g/mol. The molecule has 4 heteroatoms. The van der Waals surface area contributed by atoms with Gasteiger partial charge in [-0.2, -0.15) is 0 Å². The van der Waals surface area contributed by atoms with E-state index in [0.29, 0.717) is 5.41 Å². The second-order valence-electron chi connectivity index (χ2n) is 5.77. The highest BCUT2D eigenvalue weighted by Gasteiger charge is 2.30. The van der Waals surface area contributed by atoms with Gasteiger partial charge < -0.3 is 10.1 Å². The molecule has 0 aliphatic heterocycles. The molecule has 1 fully saturated rings. The molecular weight excluding hydrogens is 338 g/mol. The van der Waals surface area contributed by atoms with E-state index < -0.39 is 0 Å². The molecule has 0 aromatic heterocycles. The van der Waals surface area contributed by atoms with Crippen molar-refractivity contribution >= 4 is 27.5 Å². The van der Waals surface area contributed by atoms with Crippen LogP contribution >= 0.6 is 27.5 Å². The molecule has 0 saturated heterocycles. The molecule has 1 aromatic rings. The number of hydrogen-bond acceptors (Lipinski definition) is 2. The SMILES string of the molecule is COc1ccc(CNCC2(CCl)CCCCC2)cc1Br. The van der Waals surface area contributed by atoms with Gasteiger partial charge in [0, 0.05) is 19.0 Å². The van der Waals surface area contributed by atoms with Crippen molar-refractivity contribution in [3.63, 3.8) is 0 Å². The first kappa shape index (κ1) is 16.1. The minimum absolute atomic E-state index is 0.309. The van der Waals surface area contributed by atoms with Crippen LogP contribution in [0.3, 0.4) is 0 Å². The molecule has 112 valence electrons. The maximum Gasteiger partial charge on any atom is 0.133 e. The third-order valence-electron chi connectivity index (χ3n) is 4.24. The van der Waals surface area contributed by atoms with Crippen LogP contribution < -0.4 is 10.1 Å². The summed E-state index contributed by atoms with van der Waals surface area (Å²) in [5.41, 5.74) is 1.57. The quantitative estimate of drug-likeness (QED) is 0.740. The fourth-order valence-corrected chi connectivity index (χ4v) is 3.90. The van der Waals surface area contributed by atoms with Crippen LogP contribution in [-0.4, -0.2) is 19.5 Å². The lowest BCUT2D eigenvalue weighted by Gasteiger charge is -2.35. The Kier molecular flexibility index (Phi) is 6.19. The lowest BCUT2D eigenvalue weighted by atomic mass is 9.75. The van der Waals surface area contributed by atoms with Gasteiger partial charge in [-0.1, -0.05) is 25.3 Å². The van der Waals surface area contributed by atoms with Gasteiger partial charge in [-0.25, -0.2) is 0 Å². The summed E-state index contributed by atoms with van der Waals surface area (Å²) in [6, 6.07) is 6.21. The van der Waals surface area contributed by atoms with Gasteiger partial charge in [0.25, 0.3) is 0 Å². The Bertz CT molecular complexity index is 432. The van der Waals surface area contributed by atoms with Gasteiger partial charge >= 0.3 is 0 Å². The average Bonchev–Trinajstić information content (AvgIpc) is 2.48. The third kappa shape index (κ3) is 4.12. The van der Waals surface area contributed by atoms with Crippen LogP contribution in [0.1, 0.15) is 37.7 Å². The molecular formula is C16H23BrClNO. The van der Waals surface area contributed by atoms with Crippen molar-refractivity contribution in [3.05, 3.63) is 28.2 Å². The Labute approximate surface area is 135 Å². The van der Waals surface area contributed by atoms with Gasteiger partial charge in [0.1, 0.15) is 5.75 Å². The number of hydrogen-bond donors (Lipinski definition) is 1. The van der Waals surface area contributed by atoms with E-state index in [2.05, 4.69) is 33.4 Å². The van der Waals surface area contributed by atoms with E-state index in [1.54, 1.807) is 7.11 Å². The number of halogens is 2. The zero-order valence-corrected chi connectivity index (χ0v) is 14.4. The van der Waals surface area contributed by atoms with Crippen LogP contribution in [-0.2, 0) is 6.54 Å². The largest absolute Gasteiger partial charge is 0.496 e. The van der Waals surface area contributed by atoms with Crippen LogP contribution in [0.4, 0.5) is 0 Å². The van der Waals surface area contributed by atoms with E-state index in [1.165, 1.54) is 37.7 Å². The lowest BCUT2D eigenvalue weighted by Crippen LogP contribution is -2.37. The first-order valence-corrected chi connectivity index (χ1v) is 8.61. The number of rotatable bonds is 6. The van der Waals surface area contributed by atoms with Crippen molar-refractivity contribution in [1.29, 1.82) is 0 Å². The maximum absolute atomic E-state index is 6.22. The normalized spacial score (nSPS) is 17.9. The fourth-order valence-electron chi connectivity index (χ4n) is 2.95. The van der Waals surface area contributed by atoms with Crippen molar-refractivity contribution < 1.29 is 4.74 Å². The second kappa shape index (κ2) is 7.67. The summed E-state index contributed by atoms with van der Waals surface area (Å²) < 4.78 is 6.25. The van der Waals surface area contributed by atoms with Gasteiger partial charge in [-0.3, -0.25) is 0 Å². The highest BCUT2D eigenvalue weighted by atomic mass is 79.9. The number of nitrogens with one attached hydrogen (secondary N) is 1. The van der Waals surface area contributed by atoms with Gasteiger partial charge in [0.05, 0.1) is 11.6 Å². The van der Waals surface area contributed by atoms with Crippen LogP contribution in [0.25, 0.3) is 0 Å². The molecule has 0 bridgehead atoms. The Morgan fingerprint density at radius 1 is 1.30 bits per heavy atom. The molecule has 0 atom stereocenters. The standard InChI is InChI=1S/C16H23BrClNO/c1-20-15-6-5-13(9-14(15)17)10-19-12-16(11-18)7-3-2-4-8-16/h5-6,9,19H,2-4,7-8,10-12H2,1H3. The zero-order chi connectivity index (χ0) is 14.4. The molecule has 1 N–H and O–H groups in total. The first-order chi connectivity index (χ1) is 9.69. The van der Waals surface area contributed by atoms with Crippen molar-refractivity contribution in [1.82, 2.24) is 5.32 Å². The van der Waals surface area contributed by atoms with E-state index in [4.69, 9.17) is 16.3 Å². The first-order valence-electron chi connectivity index (χ1n) is 7.28. The van der Waals surface area contributed by atoms with E-state index in [0.717, 1.165) is 29.2 Å². The van der Waals surface area contributed by atoms with Crippen molar-refractivity contribution in [2.75, 3.05) is 19.5 Å².